The molecule has 96 valence electrons. The Morgan fingerprint density at radius 2 is 1.82 bits per heavy atom. The van der Waals surface area contributed by atoms with Gasteiger partial charge in [0, 0.05) is 25.3 Å². The van der Waals surface area contributed by atoms with Crippen molar-refractivity contribution in [1.82, 2.24) is 0 Å². The topological polar surface area (TPSA) is 38.5 Å². The minimum atomic E-state index is 0.248. The van der Waals surface area contributed by atoms with E-state index in [0.29, 0.717) is 0 Å². The van der Waals surface area contributed by atoms with E-state index in [0.717, 1.165) is 18.7 Å². The number of ether oxygens (including phenoxy) is 1. The highest BCUT2D eigenvalue weighted by Gasteiger charge is 2.08. The second-order valence-electron chi connectivity index (χ2n) is 4.80. The number of aryl methyl sites for hydroxylation is 2. The molecular formula is C14H24N2O. The Morgan fingerprint density at radius 3 is 2.24 bits per heavy atom. The molecule has 17 heavy (non-hydrogen) atoms. The summed E-state index contributed by atoms with van der Waals surface area (Å²) in [5.41, 5.74) is 9.35. The number of methoxy groups -OCH3 is 1. The number of nitrogens with two attached hydrogens (primary N) is 1. The van der Waals surface area contributed by atoms with Gasteiger partial charge in [0.25, 0.3) is 0 Å². The van der Waals surface area contributed by atoms with Crippen LogP contribution in [-0.4, -0.2) is 26.7 Å². The van der Waals surface area contributed by atoms with Crippen LogP contribution in [0.5, 0.6) is 5.75 Å². The van der Waals surface area contributed by atoms with Gasteiger partial charge in [-0.3, -0.25) is 0 Å². The van der Waals surface area contributed by atoms with Gasteiger partial charge < -0.3 is 15.4 Å². The second kappa shape index (κ2) is 5.92. The van der Waals surface area contributed by atoms with E-state index in [-0.39, 0.29) is 6.04 Å². The first-order chi connectivity index (χ1) is 7.95. The van der Waals surface area contributed by atoms with Crippen LogP contribution < -0.4 is 15.4 Å². The normalized spacial score (nSPS) is 12.4. The van der Waals surface area contributed by atoms with Crippen LogP contribution in [0, 0.1) is 13.8 Å². The number of anilines is 1. The molecule has 0 radical (unpaired) electrons. The highest BCUT2D eigenvalue weighted by molar-refractivity contribution is 5.56. The first-order valence-corrected chi connectivity index (χ1v) is 6.07. The van der Waals surface area contributed by atoms with Crippen molar-refractivity contribution in [2.75, 3.05) is 25.6 Å². The average molecular weight is 236 g/mol. The first kappa shape index (κ1) is 13.8. The van der Waals surface area contributed by atoms with Gasteiger partial charge in [-0.25, -0.2) is 0 Å². The molecule has 1 aromatic carbocycles. The summed E-state index contributed by atoms with van der Waals surface area (Å²) in [6.07, 6.45) is 1.00. The summed E-state index contributed by atoms with van der Waals surface area (Å²) < 4.78 is 5.37. The number of nitrogens with zero attached hydrogens (tertiary/aromatic N) is 1. The van der Waals surface area contributed by atoms with Crippen molar-refractivity contribution in [3.05, 3.63) is 23.3 Å². The molecule has 0 spiro atoms. The standard InChI is InChI=1S/C14H24N2O/c1-10-8-13(9-11(2)14(10)17-5)16(4)7-6-12(3)15/h8-9,12H,6-7,15H2,1-5H3. The van der Waals surface area contributed by atoms with Crippen LogP contribution in [-0.2, 0) is 0 Å². The largest absolute Gasteiger partial charge is 0.496 e. The van der Waals surface area contributed by atoms with Gasteiger partial charge in [-0.05, 0) is 50.5 Å². The van der Waals surface area contributed by atoms with Crippen molar-refractivity contribution >= 4 is 5.69 Å². The maximum atomic E-state index is 5.78. The Kier molecular flexibility index (Phi) is 4.82. The zero-order valence-corrected chi connectivity index (χ0v) is 11.6. The summed E-state index contributed by atoms with van der Waals surface area (Å²) in [5.74, 6) is 0.981. The summed E-state index contributed by atoms with van der Waals surface area (Å²) in [4.78, 5) is 2.24. The number of rotatable bonds is 5. The highest BCUT2D eigenvalue weighted by Crippen LogP contribution is 2.28. The van der Waals surface area contributed by atoms with Gasteiger partial charge in [-0.15, -0.1) is 0 Å². The number of benzene rings is 1. The Bertz CT molecular complexity index is 351. The summed E-state index contributed by atoms with van der Waals surface area (Å²) in [6, 6.07) is 4.57. The molecule has 0 fully saturated rings. The van der Waals surface area contributed by atoms with Gasteiger partial charge in [-0.1, -0.05) is 0 Å². The predicted octanol–water partition coefficient (Wildman–Crippen LogP) is 2.49. The van der Waals surface area contributed by atoms with Gasteiger partial charge in [0.05, 0.1) is 7.11 Å². The van der Waals surface area contributed by atoms with E-state index in [2.05, 4.69) is 37.9 Å². The van der Waals surface area contributed by atoms with Gasteiger partial charge in [0.15, 0.2) is 0 Å². The molecule has 1 aromatic rings. The molecule has 0 heterocycles. The average Bonchev–Trinajstić information content (AvgIpc) is 2.25. The predicted molar refractivity (Wildman–Crippen MR) is 74.0 cm³/mol. The van der Waals surface area contributed by atoms with Crippen molar-refractivity contribution in [1.29, 1.82) is 0 Å². The summed E-state index contributed by atoms with van der Waals surface area (Å²) in [5, 5.41) is 0. The lowest BCUT2D eigenvalue weighted by Crippen LogP contribution is -2.25. The molecule has 0 amide bonds. The molecule has 1 unspecified atom stereocenters. The molecule has 0 aliphatic rings. The van der Waals surface area contributed by atoms with Crippen molar-refractivity contribution in [3.63, 3.8) is 0 Å². The van der Waals surface area contributed by atoms with Gasteiger partial charge in [0.1, 0.15) is 5.75 Å². The van der Waals surface area contributed by atoms with Crippen molar-refractivity contribution in [3.8, 4) is 5.75 Å². The maximum Gasteiger partial charge on any atom is 0.124 e. The zero-order chi connectivity index (χ0) is 13.0. The van der Waals surface area contributed by atoms with Crippen molar-refractivity contribution < 1.29 is 4.74 Å². The van der Waals surface area contributed by atoms with E-state index in [1.54, 1.807) is 7.11 Å². The molecule has 0 saturated heterocycles. The third-order valence-electron chi connectivity index (χ3n) is 3.01. The highest BCUT2D eigenvalue weighted by atomic mass is 16.5. The van der Waals surface area contributed by atoms with Crippen LogP contribution >= 0.6 is 0 Å². The number of hydrogen-bond acceptors (Lipinski definition) is 3. The van der Waals surface area contributed by atoms with E-state index < -0.39 is 0 Å². The van der Waals surface area contributed by atoms with E-state index in [1.807, 2.05) is 6.92 Å². The fourth-order valence-corrected chi connectivity index (χ4v) is 2.00. The van der Waals surface area contributed by atoms with E-state index in [4.69, 9.17) is 10.5 Å². The lowest BCUT2D eigenvalue weighted by atomic mass is 10.1. The molecule has 1 rings (SSSR count). The maximum absolute atomic E-state index is 5.78. The van der Waals surface area contributed by atoms with Crippen LogP contribution in [0.25, 0.3) is 0 Å². The summed E-state index contributed by atoms with van der Waals surface area (Å²) in [6.45, 7) is 7.17. The fraction of sp³-hybridized carbons (Fsp3) is 0.571. The SMILES string of the molecule is COc1c(C)cc(N(C)CCC(C)N)cc1C. The lowest BCUT2D eigenvalue weighted by molar-refractivity contribution is 0.408. The quantitative estimate of drug-likeness (QED) is 0.853. The molecule has 0 aromatic heterocycles. The summed E-state index contributed by atoms with van der Waals surface area (Å²) in [7, 11) is 3.82. The molecule has 2 N–H and O–H groups in total. The van der Waals surface area contributed by atoms with E-state index in [1.165, 1.54) is 16.8 Å². The fourth-order valence-electron chi connectivity index (χ4n) is 2.00. The van der Waals surface area contributed by atoms with Crippen LogP contribution in [0.2, 0.25) is 0 Å². The molecule has 0 aliphatic heterocycles. The number of hydrogen-bond donors (Lipinski definition) is 1. The van der Waals surface area contributed by atoms with Gasteiger partial charge in [-0.2, -0.15) is 0 Å². The molecule has 3 nitrogen and oxygen atoms in total. The van der Waals surface area contributed by atoms with Crippen LogP contribution in [0.4, 0.5) is 5.69 Å². The molecular weight excluding hydrogens is 212 g/mol. The Balaban J connectivity index is 2.84. The molecule has 0 bridgehead atoms. The van der Waals surface area contributed by atoms with Crippen LogP contribution in [0.15, 0.2) is 12.1 Å². The van der Waals surface area contributed by atoms with Gasteiger partial charge in [0.2, 0.25) is 0 Å². The minimum absolute atomic E-state index is 0.248. The summed E-state index contributed by atoms with van der Waals surface area (Å²) >= 11 is 0. The van der Waals surface area contributed by atoms with E-state index in [9.17, 15) is 0 Å². The van der Waals surface area contributed by atoms with Crippen LogP contribution in [0.3, 0.4) is 0 Å². The lowest BCUT2D eigenvalue weighted by Gasteiger charge is -2.22. The first-order valence-electron chi connectivity index (χ1n) is 6.07. The third-order valence-corrected chi connectivity index (χ3v) is 3.01. The molecule has 1 atom stereocenters. The van der Waals surface area contributed by atoms with Crippen molar-refractivity contribution in [2.24, 2.45) is 5.73 Å². The molecule has 3 heteroatoms. The Hall–Kier alpha value is -1.22. The third kappa shape index (κ3) is 3.63. The zero-order valence-electron chi connectivity index (χ0n) is 11.6. The smallest absolute Gasteiger partial charge is 0.124 e. The Morgan fingerprint density at radius 1 is 1.29 bits per heavy atom. The molecule has 0 aliphatic carbocycles. The van der Waals surface area contributed by atoms with E-state index >= 15 is 0 Å². The Labute approximate surface area is 105 Å². The van der Waals surface area contributed by atoms with Gasteiger partial charge >= 0.3 is 0 Å². The van der Waals surface area contributed by atoms with Crippen LogP contribution in [0.1, 0.15) is 24.5 Å². The van der Waals surface area contributed by atoms with Crippen molar-refractivity contribution in [2.45, 2.75) is 33.2 Å². The minimum Gasteiger partial charge on any atom is -0.496 e. The molecule has 0 saturated carbocycles. The second-order valence-corrected chi connectivity index (χ2v) is 4.80. The monoisotopic (exact) mass is 236 g/mol.